The monoisotopic (exact) mass is 408 g/mol. The molecular formula is C20H25FN2O4S. The van der Waals surface area contributed by atoms with E-state index in [4.69, 9.17) is 4.74 Å². The number of nitrogens with zero attached hydrogens (tertiary/aromatic N) is 1. The molecule has 0 fully saturated rings. The highest BCUT2D eigenvalue weighted by Gasteiger charge is 2.18. The van der Waals surface area contributed by atoms with Crippen LogP contribution in [0.15, 0.2) is 48.5 Å². The van der Waals surface area contributed by atoms with Gasteiger partial charge in [-0.25, -0.2) is 12.8 Å². The Kier molecular flexibility index (Phi) is 7.39. The lowest BCUT2D eigenvalue weighted by atomic mass is 10.1. The van der Waals surface area contributed by atoms with Gasteiger partial charge in [-0.1, -0.05) is 12.1 Å². The number of halogens is 1. The molecule has 1 N–H and O–H groups in total. The Balaban J connectivity index is 1.90. The number of carbonyl (C=O) groups is 1. The minimum absolute atomic E-state index is 0.134. The SMILES string of the molecule is COc1ccc([C@@H](C)NC(=O)CCCN(c2ccc(F)cc2)S(C)(=O)=O)cc1. The fraction of sp³-hybridized carbons (Fsp3) is 0.350. The number of ether oxygens (including phenoxy) is 1. The van der Waals surface area contributed by atoms with Crippen molar-refractivity contribution in [2.24, 2.45) is 0 Å². The molecule has 0 saturated carbocycles. The summed E-state index contributed by atoms with van der Waals surface area (Å²) in [6.07, 6.45) is 1.60. The second-order valence-electron chi connectivity index (χ2n) is 6.48. The van der Waals surface area contributed by atoms with Crippen LogP contribution in [0.5, 0.6) is 5.75 Å². The highest BCUT2D eigenvalue weighted by atomic mass is 32.2. The van der Waals surface area contributed by atoms with E-state index in [-0.39, 0.29) is 24.9 Å². The van der Waals surface area contributed by atoms with E-state index in [1.165, 1.54) is 28.6 Å². The fourth-order valence-corrected chi connectivity index (χ4v) is 3.73. The number of hydrogen-bond donors (Lipinski definition) is 1. The number of sulfonamides is 1. The van der Waals surface area contributed by atoms with Crippen LogP contribution >= 0.6 is 0 Å². The summed E-state index contributed by atoms with van der Waals surface area (Å²) in [5, 5.41) is 2.90. The van der Waals surface area contributed by atoms with Crippen LogP contribution in [0.2, 0.25) is 0 Å². The van der Waals surface area contributed by atoms with Gasteiger partial charge in [-0.05, 0) is 55.3 Å². The van der Waals surface area contributed by atoms with Crippen molar-refractivity contribution in [3.63, 3.8) is 0 Å². The molecule has 0 radical (unpaired) electrons. The van der Waals surface area contributed by atoms with E-state index < -0.39 is 15.8 Å². The molecule has 0 saturated heterocycles. The maximum absolute atomic E-state index is 13.1. The maximum Gasteiger partial charge on any atom is 0.232 e. The van der Waals surface area contributed by atoms with E-state index in [2.05, 4.69) is 5.32 Å². The molecule has 8 heteroatoms. The number of anilines is 1. The molecule has 2 aromatic rings. The number of methoxy groups -OCH3 is 1. The normalized spacial score (nSPS) is 12.3. The molecule has 0 spiro atoms. The Bertz CT molecular complexity index is 883. The van der Waals surface area contributed by atoms with Crippen LogP contribution in [0, 0.1) is 5.82 Å². The standard InChI is InChI=1S/C20H25FN2O4S/c1-15(16-6-12-19(27-2)13-7-16)22-20(24)5-4-14-23(28(3,25)26)18-10-8-17(21)9-11-18/h6-13,15H,4-5,14H2,1-3H3,(H,22,24)/t15-/m1/s1. The van der Waals surface area contributed by atoms with Gasteiger partial charge in [0.1, 0.15) is 11.6 Å². The number of nitrogens with one attached hydrogen (secondary N) is 1. The molecule has 2 rings (SSSR count). The van der Waals surface area contributed by atoms with Crippen molar-refractivity contribution in [2.45, 2.75) is 25.8 Å². The maximum atomic E-state index is 13.1. The molecular weight excluding hydrogens is 383 g/mol. The molecule has 2 aromatic carbocycles. The molecule has 0 aliphatic rings. The summed E-state index contributed by atoms with van der Waals surface area (Å²) in [5.74, 6) is 0.129. The van der Waals surface area contributed by atoms with Crippen molar-refractivity contribution in [1.29, 1.82) is 0 Å². The topological polar surface area (TPSA) is 75.7 Å². The first kappa shape index (κ1) is 21.7. The quantitative estimate of drug-likeness (QED) is 0.691. The molecule has 152 valence electrons. The molecule has 0 unspecified atom stereocenters. The van der Waals surface area contributed by atoms with Gasteiger partial charge in [0.05, 0.1) is 25.1 Å². The summed E-state index contributed by atoms with van der Waals surface area (Å²) < 4.78 is 43.4. The van der Waals surface area contributed by atoms with Crippen molar-refractivity contribution in [2.75, 3.05) is 24.2 Å². The van der Waals surface area contributed by atoms with Gasteiger partial charge in [-0.3, -0.25) is 9.10 Å². The van der Waals surface area contributed by atoms with Crippen molar-refractivity contribution < 1.29 is 22.3 Å². The summed E-state index contributed by atoms with van der Waals surface area (Å²) in [5.41, 5.74) is 1.31. The molecule has 0 aliphatic carbocycles. The third kappa shape index (κ3) is 6.23. The molecule has 0 aliphatic heterocycles. The highest BCUT2D eigenvalue weighted by Crippen LogP contribution is 2.20. The molecule has 1 amide bonds. The molecule has 28 heavy (non-hydrogen) atoms. The molecule has 0 bridgehead atoms. The number of rotatable bonds is 9. The minimum Gasteiger partial charge on any atom is -0.497 e. The van der Waals surface area contributed by atoms with Crippen molar-refractivity contribution in [3.8, 4) is 5.75 Å². The lowest BCUT2D eigenvalue weighted by Gasteiger charge is -2.22. The van der Waals surface area contributed by atoms with E-state index in [1.54, 1.807) is 7.11 Å². The van der Waals surface area contributed by atoms with Crippen LogP contribution in [0.25, 0.3) is 0 Å². The summed E-state index contributed by atoms with van der Waals surface area (Å²) in [4.78, 5) is 12.2. The van der Waals surface area contributed by atoms with Gasteiger partial charge in [0, 0.05) is 13.0 Å². The zero-order valence-electron chi connectivity index (χ0n) is 16.2. The molecule has 6 nitrogen and oxygen atoms in total. The van der Waals surface area contributed by atoms with E-state index >= 15 is 0 Å². The van der Waals surface area contributed by atoms with Gasteiger partial charge >= 0.3 is 0 Å². The lowest BCUT2D eigenvalue weighted by molar-refractivity contribution is -0.121. The zero-order chi connectivity index (χ0) is 20.7. The molecule has 0 heterocycles. The first-order valence-corrected chi connectivity index (χ1v) is 10.7. The number of hydrogen-bond acceptors (Lipinski definition) is 4. The number of carbonyl (C=O) groups excluding carboxylic acids is 1. The van der Waals surface area contributed by atoms with Crippen molar-refractivity contribution in [3.05, 3.63) is 59.9 Å². The fourth-order valence-electron chi connectivity index (χ4n) is 2.77. The Morgan fingerprint density at radius 2 is 1.75 bits per heavy atom. The lowest BCUT2D eigenvalue weighted by Crippen LogP contribution is -2.32. The van der Waals surface area contributed by atoms with Gasteiger partial charge in [-0.2, -0.15) is 0 Å². The average molecular weight is 408 g/mol. The van der Waals surface area contributed by atoms with E-state index in [9.17, 15) is 17.6 Å². The van der Waals surface area contributed by atoms with E-state index in [1.807, 2.05) is 31.2 Å². The predicted molar refractivity (Wildman–Crippen MR) is 107 cm³/mol. The summed E-state index contributed by atoms with van der Waals surface area (Å²) >= 11 is 0. The first-order chi connectivity index (χ1) is 13.2. The van der Waals surface area contributed by atoms with Crippen LogP contribution in [0.4, 0.5) is 10.1 Å². The minimum atomic E-state index is -3.53. The van der Waals surface area contributed by atoms with Gasteiger partial charge in [0.15, 0.2) is 0 Å². The molecule has 0 aromatic heterocycles. The van der Waals surface area contributed by atoms with Crippen LogP contribution < -0.4 is 14.4 Å². The Morgan fingerprint density at radius 3 is 2.29 bits per heavy atom. The first-order valence-electron chi connectivity index (χ1n) is 8.87. The zero-order valence-corrected chi connectivity index (χ0v) is 17.0. The van der Waals surface area contributed by atoms with Crippen LogP contribution in [0.3, 0.4) is 0 Å². The van der Waals surface area contributed by atoms with Gasteiger partial charge in [0.2, 0.25) is 15.9 Å². The largest absolute Gasteiger partial charge is 0.497 e. The predicted octanol–water partition coefficient (Wildman–Crippen LogP) is 3.26. The van der Waals surface area contributed by atoms with Crippen LogP contribution in [-0.4, -0.2) is 34.2 Å². The third-order valence-corrected chi connectivity index (χ3v) is 5.47. The van der Waals surface area contributed by atoms with Gasteiger partial charge < -0.3 is 10.1 Å². The summed E-state index contributed by atoms with van der Waals surface area (Å²) in [6.45, 7) is 2.01. The van der Waals surface area contributed by atoms with Crippen LogP contribution in [0.1, 0.15) is 31.4 Å². The Hall–Kier alpha value is -2.61. The van der Waals surface area contributed by atoms with Crippen LogP contribution in [-0.2, 0) is 14.8 Å². The number of amides is 1. The van der Waals surface area contributed by atoms with E-state index in [0.717, 1.165) is 17.6 Å². The second-order valence-corrected chi connectivity index (χ2v) is 8.38. The van der Waals surface area contributed by atoms with Gasteiger partial charge in [0.25, 0.3) is 0 Å². The second kappa shape index (κ2) is 9.54. The molecule has 1 atom stereocenters. The van der Waals surface area contributed by atoms with Gasteiger partial charge in [-0.15, -0.1) is 0 Å². The van der Waals surface area contributed by atoms with Crippen molar-refractivity contribution >= 4 is 21.6 Å². The smallest absolute Gasteiger partial charge is 0.232 e. The summed E-state index contributed by atoms with van der Waals surface area (Å²) in [6, 6.07) is 12.4. The van der Waals surface area contributed by atoms with E-state index in [0.29, 0.717) is 12.1 Å². The third-order valence-electron chi connectivity index (χ3n) is 4.27. The Labute approximate surface area is 165 Å². The highest BCUT2D eigenvalue weighted by molar-refractivity contribution is 7.92. The number of benzene rings is 2. The average Bonchev–Trinajstić information content (AvgIpc) is 2.65. The van der Waals surface area contributed by atoms with Crippen molar-refractivity contribution in [1.82, 2.24) is 5.32 Å². The summed E-state index contributed by atoms with van der Waals surface area (Å²) in [7, 11) is -1.94. The Morgan fingerprint density at radius 1 is 1.14 bits per heavy atom.